The molecule has 2 heterocycles. The van der Waals surface area contributed by atoms with Gasteiger partial charge < -0.3 is 4.74 Å². The van der Waals surface area contributed by atoms with Gasteiger partial charge >= 0.3 is 0 Å². The van der Waals surface area contributed by atoms with E-state index in [9.17, 15) is 0 Å². The number of rotatable bonds is 5. The Morgan fingerprint density at radius 1 is 0.839 bits per heavy atom. The third-order valence-electron chi connectivity index (χ3n) is 4.89. The maximum atomic E-state index is 6.21. The molecule has 0 atom stereocenters. The summed E-state index contributed by atoms with van der Waals surface area (Å²) in [6.45, 7) is 0.405. The molecule has 0 saturated heterocycles. The van der Waals surface area contributed by atoms with Crippen molar-refractivity contribution in [2.45, 2.75) is 6.61 Å². The summed E-state index contributed by atoms with van der Waals surface area (Å²) in [6, 6.07) is 25.0. The molecular formula is C24H16Cl2N4O. The highest BCUT2D eigenvalue weighted by Crippen LogP contribution is 2.28. The van der Waals surface area contributed by atoms with Crippen molar-refractivity contribution in [1.82, 2.24) is 19.6 Å². The zero-order chi connectivity index (χ0) is 21.2. The zero-order valence-electron chi connectivity index (χ0n) is 16.2. The summed E-state index contributed by atoms with van der Waals surface area (Å²) in [6.07, 6.45) is 1.50. The van der Waals surface area contributed by atoms with Crippen molar-refractivity contribution in [3.05, 3.63) is 101 Å². The van der Waals surface area contributed by atoms with Crippen molar-refractivity contribution in [3.63, 3.8) is 0 Å². The first-order valence-corrected chi connectivity index (χ1v) is 10.4. The molecule has 0 N–H and O–H groups in total. The fourth-order valence-corrected chi connectivity index (χ4v) is 3.60. The van der Waals surface area contributed by atoms with Gasteiger partial charge in [-0.3, -0.25) is 0 Å². The minimum Gasteiger partial charge on any atom is -0.489 e. The van der Waals surface area contributed by atoms with Gasteiger partial charge in [-0.2, -0.15) is 14.6 Å². The molecule has 0 saturated carbocycles. The van der Waals surface area contributed by atoms with Crippen molar-refractivity contribution in [1.29, 1.82) is 0 Å². The van der Waals surface area contributed by atoms with Crippen LogP contribution in [0.2, 0.25) is 10.0 Å². The highest BCUT2D eigenvalue weighted by atomic mass is 35.5. The second kappa shape index (κ2) is 8.38. The number of hydrogen-bond donors (Lipinski definition) is 0. The first kappa shape index (κ1) is 19.5. The Morgan fingerprint density at radius 2 is 1.58 bits per heavy atom. The summed E-state index contributed by atoms with van der Waals surface area (Å²) < 4.78 is 7.62. The van der Waals surface area contributed by atoms with Gasteiger partial charge in [-0.15, -0.1) is 0 Å². The molecular weight excluding hydrogens is 431 g/mol. The predicted octanol–water partition coefficient (Wildman–Crippen LogP) is 6.34. The standard InChI is InChI=1S/C24H16Cl2N4O/c25-19-9-5-16(6-10-19)22-13-23(30-24(29-22)27-15-28-30)17-7-11-20(12-8-17)31-14-18-3-1-2-4-21(18)26/h1-13,15H,14H2. The lowest BCUT2D eigenvalue weighted by Crippen LogP contribution is -1.99. The number of aromatic nitrogens is 4. The smallest absolute Gasteiger partial charge is 0.253 e. The largest absolute Gasteiger partial charge is 0.489 e. The fourth-order valence-electron chi connectivity index (χ4n) is 3.28. The van der Waals surface area contributed by atoms with Crippen LogP contribution in [0, 0.1) is 0 Å². The molecule has 5 aromatic rings. The van der Waals surface area contributed by atoms with E-state index in [1.165, 1.54) is 6.33 Å². The molecule has 0 aliphatic rings. The highest BCUT2D eigenvalue weighted by molar-refractivity contribution is 6.31. The zero-order valence-corrected chi connectivity index (χ0v) is 17.8. The van der Waals surface area contributed by atoms with Gasteiger partial charge in [0.15, 0.2) is 0 Å². The molecule has 0 aliphatic carbocycles. The monoisotopic (exact) mass is 446 g/mol. The van der Waals surface area contributed by atoms with Gasteiger partial charge in [0.05, 0.1) is 11.4 Å². The molecule has 0 fully saturated rings. The van der Waals surface area contributed by atoms with Crippen LogP contribution < -0.4 is 4.74 Å². The second-order valence-electron chi connectivity index (χ2n) is 6.91. The summed E-state index contributed by atoms with van der Waals surface area (Å²) in [5.74, 6) is 1.28. The molecule has 0 bridgehead atoms. The van der Waals surface area contributed by atoms with E-state index in [1.807, 2.05) is 78.9 Å². The number of ether oxygens (including phenoxy) is 1. The van der Waals surface area contributed by atoms with Gasteiger partial charge in [-0.25, -0.2) is 4.98 Å². The number of fused-ring (bicyclic) bond motifs is 1. The molecule has 0 spiro atoms. The molecule has 152 valence electrons. The van der Waals surface area contributed by atoms with Crippen molar-refractivity contribution in [2.75, 3.05) is 0 Å². The molecule has 0 aliphatic heterocycles. The maximum absolute atomic E-state index is 6.21. The summed E-state index contributed by atoms with van der Waals surface area (Å²) in [4.78, 5) is 8.89. The molecule has 0 radical (unpaired) electrons. The van der Waals surface area contributed by atoms with Crippen LogP contribution in [0.4, 0.5) is 0 Å². The fraction of sp³-hybridized carbons (Fsp3) is 0.0417. The Labute approximate surface area is 188 Å². The van der Waals surface area contributed by atoms with Crippen LogP contribution in [0.3, 0.4) is 0 Å². The first-order chi connectivity index (χ1) is 15.2. The Bertz CT molecular complexity index is 1350. The quantitative estimate of drug-likeness (QED) is 0.315. The highest BCUT2D eigenvalue weighted by Gasteiger charge is 2.11. The van der Waals surface area contributed by atoms with Crippen LogP contribution >= 0.6 is 23.2 Å². The van der Waals surface area contributed by atoms with Crippen LogP contribution in [0.25, 0.3) is 28.3 Å². The lowest BCUT2D eigenvalue weighted by molar-refractivity contribution is 0.306. The van der Waals surface area contributed by atoms with Crippen LogP contribution in [0.15, 0.2) is 85.2 Å². The molecule has 3 aromatic carbocycles. The van der Waals surface area contributed by atoms with E-state index < -0.39 is 0 Å². The Balaban J connectivity index is 1.45. The van der Waals surface area contributed by atoms with Gasteiger partial charge in [0.25, 0.3) is 5.78 Å². The summed E-state index contributed by atoms with van der Waals surface area (Å²) in [5, 5.41) is 5.70. The molecule has 31 heavy (non-hydrogen) atoms. The Morgan fingerprint density at radius 3 is 2.35 bits per heavy atom. The van der Waals surface area contributed by atoms with Gasteiger partial charge in [0.1, 0.15) is 18.7 Å². The lowest BCUT2D eigenvalue weighted by Gasteiger charge is -2.10. The van der Waals surface area contributed by atoms with E-state index in [0.717, 1.165) is 33.8 Å². The minimum absolute atomic E-state index is 0.405. The minimum atomic E-state index is 0.405. The summed E-state index contributed by atoms with van der Waals surface area (Å²) >= 11 is 12.2. The third-order valence-corrected chi connectivity index (χ3v) is 5.51. The van der Waals surface area contributed by atoms with Crippen LogP contribution in [0.5, 0.6) is 5.75 Å². The number of benzene rings is 3. The van der Waals surface area contributed by atoms with Crippen LogP contribution in [-0.4, -0.2) is 19.6 Å². The van der Waals surface area contributed by atoms with Crippen LogP contribution in [0.1, 0.15) is 5.56 Å². The SMILES string of the molecule is Clc1ccc(-c2cc(-c3ccc(OCc4ccccc4Cl)cc3)n3ncnc3n2)cc1. The molecule has 7 heteroatoms. The van der Waals surface area contributed by atoms with Gasteiger partial charge in [0, 0.05) is 26.7 Å². The summed E-state index contributed by atoms with van der Waals surface area (Å²) in [7, 11) is 0. The van der Waals surface area contributed by atoms with Crippen LogP contribution in [-0.2, 0) is 6.61 Å². The first-order valence-electron chi connectivity index (χ1n) is 9.61. The Kier molecular flexibility index (Phi) is 5.28. The molecule has 5 rings (SSSR count). The van der Waals surface area contributed by atoms with Crippen molar-refractivity contribution >= 4 is 29.0 Å². The molecule has 2 aromatic heterocycles. The van der Waals surface area contributed by atoms with Crippen molar-refractivity contribution < 1.29 is 4.74 Å². The van der Waals surface area contributed by atoms with E-state index in [0.29, 0.717) is 22.4 Å². The van der Waals surface area contributed by atoms with Crippen molar-refractivity contribution in [2.24, 2.45) is 0 Å². The van der Waals surface area contributed by atoms with Crippen molar-refractivity contribution in [3.8, 4) is 28.3 Å². The van der Waals surface area contributed by atoms with Gasteiger partial charge in [0.2, 0.25) is 0 Å². The lowest BCUT2D eigenvalue weighted by atomic mass is 10.1. The van der Waals surface area contributed by atoms with Gasteiger partial charge in [-0.1, -0.05) is 53.5 Å². The topological polar surface area (TPSA) is 52.3 Å². The average Bonchev–Trinajstić information content (AvgIpc) is 3.28. The molecule has 0 amide bonds. The number of halogens is 2. The average molecular weight is 447 g/mol. The number of hydrogen-bond acceptors (Lipinski definition) is 4. The van der Waals surface area contributed by atoms with Gasteiger partial charge in [-0.05, 0) is 48.5 Å². The van der Waals surface area contributed by atoms with E-state index in [2.05, 4.69) is 15.1 Å². The Hall–Kier alpha value is -3.41. The van der Waals surface area contributed by atoms with E-state index in [-0.39, 0.29) is 0 Å². The molecule has 5 nitrogen and oxygen atoms in total. The third kappa shape index (κ3) is 4.10. The van der Waals surface area contributed by atoms with E-state index in [1.54, 1.807) is 4.52 Å². The molecule has 0 unspecified atom stereocenters. The summed E-state index contributed by atoms with van der Waals surface area (Å²) in [5.41, 5.74) is 4.55. The second-order valence-corrected chi connectivity index (χ2v) is 7.75. The maximum Gasteiger partial charge on any atom is 0.253 e. The normalized spacial score (nSPS) is 11.0. The number of nitrogens with zero attached hydrogens (tertiary/aromatic N) is 4. The van der Waals surface area contributed by atoms with E-state index >= 15 is 0 Å². The van der Waals surface area contributed by atoms with E-state index in [4.69, 9.17) is 27.9 Å². The predicted molar refractivity (Wildman–Crippen MR) is 122 cm³/mol.